The van der Waals surface area contributed by atoms with E-state index in [9.17, 15) is 4.79 Å². The average Bonchev–Trinajstić information content (AvgIpc) is 2.79. The van der Waals surface area contributed by atoms with E-state index in [1.807, 2.05) is 45.9 Å². The van der Waals surface area contributed by atoms with Gasteiger partial charge in [0.25, 0.3) is 0 Å². The SMILES string of the molecule is Cc1cccc(C)c1NC(=O)CN1CCCN(Cc2nc(C)c(C)o2)CC1. The Bertz CT molecular complexity index is 760. The van der Waals surface area contributed by atoms with Crippen molar-refractivity contribution in [2.24, 2.45) is 0 Å². The van der Waals surface area contributed by atoms with Crippen LogP contribution < -0.4 is 5.32 Å². The molecule has 1 aliphatic heterocycles. The van der Waals surface area contributed by atoms with Crippen LogP contribution in [-0.4, -0.2) is 53.4 Å². The summed E-state index contributed by atoms with van der Waals surface area (Å²) in [6, 6.07) is 6.07. The molecule has 6 nitrogen and oxygen atoms in total. The molecule has 27 heavy (non-hydrogen) atoms. The predicted octanol–water partition coefficient (Wildman–Crippen LogP) is 3.05. The van der Waals surface area contributed by atoms with Gasteiger partial charge in [0.2, 0.25) is 11.8 Å². The number of hydrogen-bond acceptors (Lipinski definition) is 5. The molecule has 1 fully saturated rings. The molecule has 2 aromatic rings. The fourth-order valence-corrected chi connectivity index (χ4v) is 3.53. The van der Waals surface area contributed by atoms with Crippen LogP contribution in [0, 0.1) is 27.7 Å². The number of hydrogen-bond donors (Lipinski definition) is 1. The summed E-state index contributed by atoms with van der Waals surface area (Å²) in [5, 5.41) is 3.09. The number of nitrogens with zero attached hydrogens (tertiary/aromatic N) is 3. The summed E-state index contributed by atoms with van der Waals surface area (Å²) < 4.78 is 5.71. The number of anilines is 1. The highest BCUT2D eigenvalue weighted by molar-refractivity contribution is 5.93. The standard InChI is InChI=1S/C21H30N4O2/c1-15-7-5-8-16(2)21(15)23-19(26)13-24-9-6-10-25(12-11-24)14-20-22-17(3)18(4)27-20/h5,7-8H,6,9-14H2,1-4H3,(H,23,26). The Morgan fingerprint density at radius 3 is 2.41 bits per heavy atom. The molecule has 0 saturated carbocycles. The molecule has 0 radical (unpaired) electrons. The highest BCUT2D eigenvalue weighted by atomic mass is 16.4. The number of carbonyl (C=O) groups is 1. The zero-order chi connectivity index (χ0) is 19.4. The van der Waals surface area contributed by atoms with Crippen LogP contribution in [0.1, 0.15) is 34.9 Å². The van der Waals surface area contributed by atoms with Crippen LogP contribution in [0.5, 0.6) is 0 Å². The molecule has 6 heteroatoms. The van der Waals surface area contributed by atoms with Crippen LogP contribution in [0.2, 0.25) is 0 Å². The van der Waals surface area contributed by atoms with Gasteiger partial charge in [-0.15, -0.1) is 0 Å². The van der Waals surface area contributed by atoms with E-state index >= 15 is 0 Å². The van der Waals surface area contributed by atoms with Crippen molar-refractivity contribution in [3.05, 3.63) is 46.7 Å². The first-order valence-corrected chi connectivity index (χ1v) is 9.66. The lowest BCUT2D eigenvalue weighted by atomic mass is 10.1. The van der Waals surface area contributed by atoms with Crippen molar-refractivity contribution >= 4 is 11.6 Å². The fraction of sp³-hybridized carbons (Fsp3) is 0.524. The molecule has 0 bridgehead atoms. The van der Waals surface area contributed by atoms with Crippen LogP contribution in [-0.2, 0) is 11.3 Å². The maximum atomic E-state index is 12.5. The van der Waals surface area contributed by atoms with Gasteiger partial charge in [-0.2, -0.15) is 0 Å². The number of carbonyl (C=O) groups excluding carboxylic acids is 1. The summed E-state index contributed by atoms with van der Waals surface area (Å²) in [5.74, 6) is 1.73. The van der Waals surface area contributed by atoms with Gasteiger partial charge >= 0.3 is 0 Å². The quantitative estimate of drug-likeness (QED) is 0.876. The van der Waals surface area contributed by atoms with Crippen molar-refractivity contribution in [1.82, 2.24) is 14.8 Å². The van der Waals surface area contributed by atoms with Gasteiger partial charge in [0.1, 0.15) is 5.76 Å². The summed E-state index contributed by atoms with van der Waals surface area (Å²) in [4.78, 5) is 21.6. The number of benzene rings is 1. The molecule has 0 unspecified atom stereocenters. The molecule has 0 atom stereocenters. The van der Waals surface area contributed by atoms with Gasteiger partial charge < -0.3 is 9.73 Å². The van der Waals surface area contributed by atoms with E-state index in [1.165, 1.54) is 0 Å². The monoisotopic (exact) mass is 370 g/mol. The molecule has 1 N–H and O–H groups in total. The van der Waals surface area contributed by atoms with Crippen LogP contribution in [0.25, 0.3) is 0 Å². The molecule has 1 aromatic carbocycles. The van der Waals surface area contributed by atoms with Gasteiger partial charge in [0.15, 0.2) is 0 Å². The zero-order valence-electron chi connectivity index (χ0n) is 16.8. The molecule has 1 saturated heterocycles. The summed E-state index contributed by atoms with van der Waals surface area (Å²) in [5.41, 5.74) is 4.10. The number of oxazole rings is 1. The molecule has 1 amide bonds. The Balaban J connectivity index is 1.51. The minimum Gasteiger partial charge on any atom is -0.444 e. The van der Waals surface area contributed by atoms with Crippen LogP contribution in [0.4, 0.5) is 5.69 Å². The summed E-state index contributed by atoms with van der Waals surface area (Å²) in [6.45, 7) is 12.9. The first-order chi connectivity index (χ1) is 12.9. The Hall–Kier alpha value is -2.18. The number of aryl methyl sites for hydroxylation is 4. The van der Waals surface area contributed by atoms with E-state index in [2.05, 4.69) is 20.1 Å². The lowest BCUT2D eigenvalue weighted by Crippen LogP contribution is -2.36. The molecular weight excluding hydrogens is 340 g/mol. The largest absolute Gasteiger partial charge is 0.444 e. The Labute approximate surface area is 161 Å². The first kappa shape index (κ1) is 19.6. The molecule has 2 heterocycles. The third-order valence-electron chi connectivity index (χ3n) is 5.23. The third kappa shape index (κ3) is 5.17. The van der Waals surface area contributed by atoms with E-state index in [4.69, 9.17) is 4.42 Å². The second-order valence-electron chi connectivity index (χ2n) is 7.47. The minimum absolute atomic E-state index is 0.0554. The Morgan fingerprint density at radius 2 is 1.74 bits per heavy atom. The van der Waals surface area contributed by atoms with E-state index in [0.29, 0.717) is 6.54 Å². The lowest BCUT2D eigenvalue weighted by molar-refractivity contribution is -0.117. The smallest absolute Gasteiger partial charge is 0.238 e. The number of amides is 1. The van der Waals surface area contributed by atoms with Crippen molar-refractivity contribution in [1.29, 1.82) is 0 Å². The highest BCUT2D eigenvalue weighted by Crippen LogP contribution is 2.19. The van der Waals surface area contributed by atoms with E-state index in [1.54, 1.807) is 0 Å². The molecular formula is C21H30N4O2. The summed E-state index contributed by atoms with van der Waals surface area (Å²) >= 11 is 0. The van der Waals surface area contributed by atoms with E-state index < -0.39 is 0 Å². The van der Waals surface area contributed by atoms with Gasteiger partial charge in [-0.3, -0.25) is 14.6 Å². The average molecular weight is 370 g/mol. The van der Waals surface area contributed by atoms with Gasteiger partial charge in [0, 0.05) is 18.8 Å². The van der Waals surface area contributed by atoms with Crippen molar-refractivity contribution in [3.8, 4) is 0 Å². The molecule has 0 aliphatic carbocycles. The second-order valence-corrected chi connectivity index (χ2v) is 7.47. The first-order valence-electron chi connectivity index (χ1n) is 9.66. The van der Waals surface area contributed by atoms with Crippen LogP contribution in [0.15, 0.2) is 22.6 Å². The van der Waals surface area contributed by atoms with Gasteiger partial charge in [-0.05, 0) is 58.3 Å². The highest BCUT2D eigenvalue weighted by Gasteiger charge is 2.19. The molecule has 3 rings (SSSR count). The van der Waals surface area contributed by atoms with Gasteiger partial charge in [-0.1, -0.05) is 18.2 Å². The lowest BCUT2D eigenvalue weighted by Gasteiger charge is -2.21. The molecule has 0 spiro atoms. The van der Waals surface area contributed by atoms with Crippen molar-refractivity contribution < 1.29 is 9.21 Å². The normalized spacial score (nSPS) is 16.3. The fourth-order valence-electron chi connectivity index (χ4n) is 3.53. The summed E-state index contributed by atoms with van der Waals surface area (Å²) in [6.07, 6.45) is 1.04. The molecule has 1 aromatic heterocycles. The van der Waals surface area contributed by atoms with E-state index in [0.717, 1.165) is 73.3 Å². The minimum atomic E-state index is 0.0554. The molecule has 146 valence electrons. The number of para-hydroxylation sites is 1. The maximum absolute atomic E-state index is 12.5. The maximum Gasteiger partial charge on any atom is 0.238 e. The Kier molecular flexibility index (Phi) is 6.29. The van der Waals surface area contributed by atoms with Crippen LogP contribution >= 0.6 is 0 Å². The Morgan fingerprint density at radius 1 is 1.07 bits per heavy atom. The number of aromatic nitrogens is 1. The number of rotatable bonds is 5. The number of nitrogens with one attached hydrogen (secondary N) is 1. The zero-order valence-corrected chi connectivity index (χ0v) is 16.8. The summed E-state index contributed by atoms with van der Waals surface area (Å²) in [7, 11) is 0. The topological polar surface area (TPSA) is 61.6 Å². The van der Waals surface area contributed by atoms with Gasteiger partial charge in [-0.25, -0.2) is 4.98 Å². The molecule has 1 aliphatic rings. The van der Waals surface area contributed by atoms with E-state index in [-0.39, 0.29) is 5.91 Å². The second kappa shape index (κ2) is 8.67. The van der Waals surface area contributed by atoms with Crippen molar-refractivity contribution in [2.45, 2.75) is 40.7 Å². The van der Waals surface area contributed by atoms with Crippen molar-refractivity contribution in [2.75, 3.05) is 38.0 Å². The predicted molar refractivity (Wildman–Crippen MR) is 107 cm³/mol. The third-order valence-corrected chi connectivity index (χ3v) is 5.23. The van der Waals surface area contributed by atoms with Gasteiger partial charge in [0.05, 0.1) is 18.8 Å². The van der Waals surface area contributed by atoms with Crippen molar-refractivity contribution in [3.63, 3.8) is 0 Å². The van der Waals surface area contributed by atoms with Crippen LogP contribution in [0.3, 0.4) is 0 Å².